The Morgan fingerprint density at radius 2 is 1.88 bits per heavy atom. The van der Waals surface area contributed by atoms with Crippen LogP contribution in [-0.4, -0.2) is 28.6 Å². The normalized spacial score (nSPS) is 11.7. The van der Waals surface area contributed by atoms with E-state index in [0.29, 0.717) is 24.6 Å². The number of aryl methyl sites for hydroxylation is 1. The lowest BCUT2D eigenvalue weighted by molar-refractivity contribution is 0.609. The number of imidazole rings is 1. The zero-order valence-corrected chi connectivity index (χ0v) is 15.2. The van der Waals surface area contributed by atoms with E-state index in [2.05, 4.69) is 31.2 Å². The monoisotopic (exact) mass is 353 g/mol. The molecule has 0 amide bonds. The zero-order valence-electron chi connectivity index (χ0n) is 15.2. The molecule has 0 saturated heterocycles. The van der Waals surface area contributed by atoms with Gasteiger partial charge < -0.3 is 15.2 Å². The fourth-order valence-corrected chi connectivity index (χ4v) is 2.90. The topological polar surface area (TPSA) is 54.2 Å². The van der Waals surface area contributed by atoms with E-state index in [-0.39, 0.29) is 5.82 Å². The van der Waals surface area contributed by atoms with Crippen molar-refractivity contribution in [3.8, 4) is 0 Å². The third-order valence-electron chi connectivity index (χ3n) is 4.18. The number of nitrogens with zero attached hydrogens (tertiary/aromatic N) is 3. The van der Waals surface area contributed by atoms with Crippen LogP contribution in [0, 0.1) is 12.7 Å². The number of fused-ring (bicyclic) bond motifs is 1. The van der Waals surface area contributed by atoms with Crippen LogP contribution in [-0.2, 0) is 13.1 Å². The SMILES string of the molecule is CCNC(=NCc1ccccc1F)NCCn1c(C)nc2ccccc21. The van der Waals surface area contributed by atoms with Crippen LogP contribution in [0.5, 0.6) is 0 Å². The Kier molecular flexibility index (Phi) is 5.84. The fraction of sp³-hybridized carbons (Fsp3) is 0.300. The van der Waals surface area contributed by atoms with Gasteiger partial charge in [-0.2, -0.15) is 0 Å². The highest BCUT2D eigenvalue weighted by Gasteiger charge is 2.07. The van der Waals surface area contributed by atoms with Crippen LogP contribution in [0.2, 0.25) is 0 Å². The summed E-state index contributed by atoms with van der Waals surface area (Å²) in [4.78, 5) is 9.06. The predicted octanol–water partition coefficient (Wildman–Crippen LogP) is 3.24. The van der Waals surface area contributed by atoms with Gasteiger partial charge in [-0.25, -0.2) is 14.4 Å². The summed E-state index contributed by atoms with van der Waals surface area (Å²) in [5, 5.41) is 6.50. The molecule has 0 bridgehead atoms. The van der Waals surface area contributed by atoms with Gasteiger partial charge in [0.15, 0.2) is 5.96 Å². The molecular weight excluding hydrogens is 329 g/mol. The smallest absolute Gasteiger partial charge is 0.191 e. The summed E-state index contributed by atoms with van der Waals surface area (Å²) >= 11 is 0. The molecule has 0 spiro atoms. The molecule has 0 aliphatic rings. The summed E-state index contributed by atoms with van der Waals surface area (Å²) in [6, 6.07) is 14.8. The maximum Gasteiger partial charge on any atom is 0.191 e. The first-order valence-corrected chi connectivity index (χ1v) is 8.86. The molecule has 2 aromatic carbocycles. The standard InChI is InChI=1S/C20H24FN5/c1-3-22-20(24-14-16-8-4-5-9-17(16)21)23-12-13-26-15(2)25-18-10-6-7-11-19(18)26/h4-11H,3,12-14H2,1-2H3,(H2,22,23,24). The molecule has 2 N–H and O–H groups in total. The minimum absolute atomic E-state index is 0.229. The van der Waals surface area contributed by atoms with E-state index in [0.717, 1.165) is 29.9 Å². The van der Waals surface area contributed by atoms with Crippen molar-refractivity contribution in [3.63, 3.8) is 0 Å². The molecule has 3 rings (SSSR count). The first-order chi connectivity index (χ1) is 12.7. The van der Waals surface area contributed by atoms with Gasteiger partial charge >= 0.3 is 0 Å². The molecule has 0 unspecified atom stereocenters. The summed E-state index contributed by atoms with van der Waals surface area (Å²) in [5.41, 5.74) is 2.71. The summed E-state index contributed by atoms with van der Waals surface area (Å²) in [5.74, 6) is 1.44. The molecule has 6 heteroatoms. The average Bonchev–Trinajstić information content (AvgIpc) is 2.96. The molecular formula is C20H24FN5. The highest BCUT2D eigenvalue weighted by Crippen LogP contribution is 2.14. The molecule has 0 radical (unpaired) electrons. The Balaban J connectivity index is 1.64. The lowest BCUT2D eigenvalue weighted by atomic mass is 10.2. The molecule has 5 nitrogen and oxygen atoms in total. The van der Waals surface area contributed by atoms with E-state index >= 15 is 0 Å². The average molecular weight is 353 g/mol. The van der Waals surface area contributed by atoms with Crippen LogP contribution in [0.4, 0.5) is 4.39 Å². The third-order valence-corrected chi connectivity index (χ3v) is 4.18. The number of hydrogen-bond acceptors (Lipinski definition) is 2. The molecule has 0 saturated carbocycles. The predicted molar refractivity (Wildman–Crippen MR) is 104 cm³/mol. The molecule has 0 aliphatic carbocycles. The number of halogens is 1. The van der Waals surface area contributed by atoms with Crippen LogP contribution in [0.25, 0.3) is 11.0 Å². The molecule has 136 valence electrons. The highest BCUT2D eigenvalue weighted by atomic mass is 19.1. The summed E-state index contributed by atoms with van der Waals surface area (Å²) < 4.78 is 15.9. The lowest BCUT2D eigenvalue weighted by Crippen LogP contribution is -2.38. The Bertz CT molecular complexity index is 900. The van der Waals surface area contributed by atoms with Crippen molar-refractivity contribution >= 4 is 17.0 Å². The number of para-hydroxylation sites is 2. The van der Waals surface area contributed by atoms with E-state index in [4.69, 9.17) is 0 Å². The number of guanidine groups is 1. The fourth-order valence-electron chi connectivity index (χ4n) is 2.90. The third kappa shape index (κ3) is 4.20. The number of aromatic nitrogens is 2. The second kappa shape index (κ2) is 8.47. The van der Waals surface area contributed by atoms with E-state index in [1.54, 1.807) is 12.1 Å². The zero-order chi connectivity index (χ0) is 18.4. The van der Waals surface area contributed by atoms with Crippen molar-refractivity contribution in [2.24, 2.45) is 4.99 Å². The lowest BCUT2D eigenvalue weighted by Gasteiger charge is -2.13. The van der Waals surface area contributed by atoms with Gasteiger partial charge in [0.2, 0.25) is 0 Å². The van der Waals surface area contributed by atoms with Gasteiger partial charge in [0, 0.05) is 25.2 Å². The second-order valence-corrected chi connectivity index (χ2v) is 6.01. The van der Waals surface area contributed by atoms with Crippen molar-refractivity contribution in [3.05, 3.63) is 65.7 Å². The van der Waals surface area contributed by atoms with Gasteiger partial charge in [0.05, 0.1) is 17.6 Å². The molecule has 0 fully saturated rings. The Morgan fingerprint density at radius 3 is 2.69 bits per heavy atom. The maximum atomic E-state index is 13.7. The number of benzene rings is 2. The first-order valence-electron chi connectivity index (χ1n) is 8.86. The van der Waals surface area contributed by atoms with Crippen LogP contribution in [0.3, 0.4) is 0 Å². The van der Waals surface area contributed by atoms with Crippen molar-refractivity contribution in [1.29, 1.82) is 0 Å². The van der Waals surface area contributed by atoms with E-state index < -0.39 is 0 Å². The van der Waals surface area contributed by atoms with Gasteiger partial charge in [-0.15, -0.1) is 0 Å². The van der Waals surface area contributed by atoms with Gasteiger partial charge in [0.1, 0.15) is 11.6 Å². The van der Waals surface area contributed by atoms with Gasteiger partial charge in [-0.05, 0) is 32.0 Å². The van der Waals surface area contributed by atoms with E-state index in [1.807, 2.05) is 38.1 Å². The molecule has 0 atom stereocenters. The van der Waals surface area contributed by atoms with Gasteiger partial charge in [-0.3, -0.25) is 0 Å². The minimum Gasteiger partial charge on any atom is -0.357 e. The Labute approximate surface area is 153 Å². The Morgan fingerprint density at radius 1 is 1.12 bits per heavy atom. The first kappa shape index (κ1) is 17.9. The number of hydrogen-bond donors (Lipinski definition) is 2. The van der Waals surface area contributed by atoms with Crippen LogP contribution < -0.4 is 10.6 Å². The minimum atomic E-state index is -0.229. The van der Waals surface area contributed by atoms with E-state index in [9.17, 15) is 4.39 Å². The van der Waals surface area contributed by atoms with Crippen molar-refractivity contribution in [2.75, 3.05) is 13.1 Å². The quantitative estimate of drug-likeness (QED) is 0.528. The molecule has 3 aromatic rings. The van der Waals surface area contributed by atoms with Crippen molar-refractivity contribution in [2.45, 2.75) is 26.9 Å². The number of nitrogens with one attached hydrogen (secondary N) is 2. The van der Waals surface area contributed by atoms with Crippen LogP contribution in [0.15, 0.2) is 53.5 Å². The molecule has 0 aliphatic heterocycles. The maximum absolute atomic E-state index is 13.7. The van der Waals surface area contributed by atoms with Gasteiger partial charge in [0.25, 0.3) is 0 Å². The van der Waals surface area contributed by atoms with E-state index in [1.165, 1.54) is 6.07 Å². The van der Waals surface area contributed by atoms with Crippen molar-refractivity contribution in [1.82, 2.24) is 20.2 Å². The molecule has 26 heavy (non-hydrogen) atoms. The molecule has 1 heterocycles. The van der Waals surface area contributed by atoms with Crippen molar-refractivity contribution < 1.29 is 4.39 Å². The largest absolute Gasteiger partial charge is 0.357 e. The van der Waals surface area contributed by atoms with Gasteiger partial charge in [-0.1, -0.05) is 30.3 Å². The van der Waals surface area contributed by atoms with Crippen LogP contribution in [0.1, 0.15) is 18.3 Å². The second-order valence-electron chi connectivity index (χ2n) is 6.01. The summed E-state index contributed by atoms with van der Waals surface area (Å²) in [6.07, 6.45) is 0. The van der Waals surface area contributed by atoms with Crippen LogP contribution >= 0.6 is 0 Å². The number of rotatable bonds is 6. The highest BCUT2D eigenvalue weighted by molar-refractivity contribution is 5.79. The summed E-state index contributed by atoms with van der Waals surface area (Å²) in [7, 11) is 0. The molecule has 1 aromatic heterocycles. The Hall–Kier alpha value is -2.89. The summed E-state index contributed by atoms with van der Waals surface area (Å²) in [6.45, 7) is 6.54. The number of aliphatic imine (C=N–C) groups is 1.